The lowest BCUT2D eigenvalue weighted by Gasteiger charge is -2.07. The summed E-state index contributed by atoms with van der Waals surface area (Å²) in [7, 11) is 0. The van der Waals surface area contributed by atoms with Crippen molar-refractivity contribution in [2.45, 2.75) is 33.2 Å². The number of thiazole rings is 1. The van der Waals surface area contributed by atoms with Crippen molar-refractivity contribution in [1.82, 2.24) is 10.3 Å². The Kier molecular flexibility index (Phi) is 7.14. The number of anilines is 1. The minimum Gasteiger partial charge on any atom is -0.352 e. The standard InChI is InChI=1S/C23H25N3O2S/c1-16(2)12-22(28)25-19-10-8-18(9-11-19)20-15-29-23(26-20)13-21(27)24-14-17-6-4-3-5-7-17/h3-11,15-16H,12-14H2,1-2H3,(H,24,27)(H,25,28). The van der Waals surface area contributed by atoms with Gasteiger partial charge in [0.2, 0.25) is 11.8 Å². The summed E-state index contributed by atoms with van der Waals surface area (Å²) in [5, 5.41) is 8.55. The number of benzene rings is 2. The summed E-state index contributed by atoms with van der Waals surface area (Å²) < 4.78 is 0. The van der Waals surface area contributed by atoms with E-state index in [9.17, 15) is 9.59 Å². The summed E-state index contributed by atoms with van der Waals surface area (Å²) in [5.74, 6) is 0.302. The third kappa shape index (κ3) is 6.54. The van der Waals surface area contributed by atoms with Gasteiger partial charge in [-0.3, -0.25) is 9.59 Å². The smallest absolute Gasteiger partial charge is 0.227 e. The van der Waals surface area contributed by atoms with Crippen LogP contribution in [0.5, 0.6) is 0 Å². The topological polar surface area (TPSA) is 71.1 Å². The molecule has 0 aliphatic rings. The predicted octanol–water partition coefficient (Wildman–Crippen LogP) is 4.65. The first-order chi connectivity index (χ1) is 14.0. The molecule has 2 amide bonds. The SMILES string of the molecule is CC(C)CC(=O)Nc1ccc(-c2csc(CC(=O)NCc3ccccc3)n2)cc1. The highest BCUT2D eigenvalue weighted by atomic mass is 32.1. The molecular formula is C23H25N3O2S. The molecule has 6 heteroatoms. The third-order valence-electron chi connectivity index (χ3n) is 4.25. The molecule has 2 aromatic carbocycles. The van der Waals surface area contributed by atoms with Crippen LogP contribution in [-0.4, -0.2) is 16.8 Å². The summed E-state index contributed by atoms with van der Waals surface area (Å²) in [5.41, 5.74) is 3.64. The Morgan fingerprint density at radius 2 is 1.72 bits per heavy atom. The van der Waals surface area contributed by atoms with Gasteiger partial charge in [0.25, 0.3) is 0 Å². The van der Waals surface area contributed by atoms with Crippen molar-refractivity contribution in [3.63, 3.8) is 0 Å². The van der Waals surface area contributed by atoms with E-state index in [0.29, 0.717) is 18.9 Å². The molecular weight excluding hydrogens is 382 g/mol. The fourth-order valence-corrected chi connectivity index (χ4v) is 3.63. The van der Waals surface area contributed by atoms with E-state index >= 15 is 0 Å². The molecule has 29 heavy (non-hydrogen) atoms. The third-order valence-corrected chi connectivity index (χ3v) is 5.10. The fourth-order valence-electron chi connectivity index (χ4n) is 2.83. The number of aromatic nitrogens is 1. The van der Waals surface area contributed by atoms with Gasteiger partial charge in [-0.1, -0.05) is 56.3 Å². The van der Waals surface area contributed by atoms with Crippen LogP contribution in [0.2, 0.25) is 0 Å². The molecule has 0 aliphatic carbocycles. The Morgan fingerprint density at radius 3 is 2.41 bits per heavy atom. The summed E-state index contributed by atoms with van der Waals surface area (Å²) >= 11 is 1.47. The largest absolute Gasteiger partial charge is 0.352 e. The van der Waals surface area contributed by atoms with Crippen LogP contribution in [0, 0.1) is 5.92 Å². The zero-order valence-corrected chi connectivity index (χ0v) is 17.5. The molecule has 0 aliphatic heterocycles. The van der Waals surface area contributed by atoms with Crippen molar-refractivity contribution in [3.8, 4) is 11.3 Å². The molecule has 1 aromatic heterocycles. The molecule has 0 spiro atoms. The minimum absolute atomic E-state index is 0.0187. The average Bonchev–Trinajstić information content (AvgIpc) is 3.15. The Morgan fingerprint density at radius 1 is 1.00 bits per heavy atom. The number of hydrogen-bond acceptors (Lipinski definition) is 4. The van der Waals surface area contributed by atoms with E-state index in [1.54, 1.807) is 0 Å². The van der Waals surface area contributed by atoms with Gasteiger partial charge in [-0.25, -0.2) is 4.98 Å². The highest BCUT2D eigenvalue weighted by Crippen LogP contribution is 2.24. The highest BCUT2D eigenvalue weighted by molar-refractivity contribution is 7.10. The normalized spacial score (nSPS) is 10.7. The number of carbonyl (C=O) groups is 2. The van der Waals surface area contributed by atoms with Gasteiger partial charge in [0.05, 0.1) is 12.1 Å². The van der Waals surface area contributed by atoms with Crippen molar-refractivity contribution in [2.75, 3.05) is 5.32 Å². The van der Waals surface area contributed by atoms with Gasteiger partial charge in [-0.05, 0) is 23.6 Å². The fraction of sp³-hybridized carbons (Fsp3) is 0.261. The van der Waals surface area contributed by atoms with E-state index in [4.69, 9.17) is 0 Å². The van der Waals surface area contributed by atoms with E-state index < -0.39 is 0 Å². The van der Waals surface area contributed by atoms with E-state index in [1.165, 1.54) is 11.3 Å². The molecule has 0 radical (unpaired) electrons. The molecule has 0 atom stereocenters. The predicted molar refractivity (Wildman–Crippen MR) is 118 cm³/mol. The molecule has 3 aromatic rings. The van der Waals surface area contributed by atoms with Crippen LogP contribution in [0.25, 0.3) is 11.3 Å². The van der Waals surface area contributed by atoms with Gasteiger partial charge >= 0.3 is 0 Å². The van der Waals surface area contributed by atoms with E-state index in [0.717, 1.165) is 27.5 Å². The second kappa shape index (κ2) is 9.98. The molecule has 150 valence electrons. The van der Waals surface area contributed by atoms with Crippen molar-refractivity contribution < 1.29 is 9.59 Å². The van der Waals surface area contributed by atoms with Gasteiger partial charge in [0.15, 0.2) is 0 Å². The first kappa shape index (κ1) is 20.7. The van der Waals surface area contributed by atoms with Crippen LogP contribution in [0.3, 0.4) is 0 Å². The van der Waals surface area contributed by atoms with E-state index in [2.05, 4.69) is 15.6 Å². The maximum Gasteiger partial charge on any atom is 0.227 e. The van der Waals surface area contributed by atoms with E-state index in [1.807, 2.05) is 73.8 Å². The first-order valence-electron chi connectivity index (χ1n) is 9.65. The van der Waals surface area contributed by atoms with E-state index in [-0.39, 0.29) is 18.2 Å². The molecule has 0 saturated carbocycles. The second-order valence-electron chi connectivity index (χ2n) is 7.29. The maximum absolute atomic E-state index is 12.2. The van der Waals surface area contributed by atoms with Crippen LogP contribution in [0.4, 0.5) is 5.69 Å². The summed E-state index contributed by atoms with van der Waals surface area (Å²) in [6, 6.07) is 17.4. The summed E-state index contributed by atoms with van der Waals surface area (Å²) in [4.78, 5) is 28.6. The summed E-state index contributed by atoms with van der Waals surface area (Å²) in [6.45, 7) is 4.55. The number of nitrogens with one attached hydrogen (secondary N) is 2. The molecule has 5 nitrogen and oxygen atoms in total. The van der Waals surface area contributed by atoms with Crippen LogP contribution < -0.4 is 10.6 Å². The van der Waals surface area contributed by atoms with Crippen molar-refractivity contribution in [3.05, 3.63) is 70.5 Å². The Hall–Kier alpha value is -2.99. The van der Waals surface area contributed by atoms with Crippen LogP contribution in [-0.2, 0) is 22.6 Å². The molecule has 0 fully saturated rings. The molecule has 3 rings (SSSR count). The average molecular weight is 408 g/mol. The Labute approximate surface area is 175 Å². The zero-order valence-electron chi connectivity index (χ0n) is 16.6. The first-order valence-corrected chi connectivity index (χ1v) is 10.5. The molecule has 0 bridgehead atoms. The Bertz CT molecular complexity index is 950. The van der Waals surface area contributed by atoms with Crippen molar-refractivity contribution in [1.29, 1.82) is 0 Å². The molecule has 0 unspecified atom stereocenters. The van der Waals surface area contributed by atoms with Crippen LogP contribution in [0.15, 0.2) is 60.0 Å². The van der Waals surface area contributed by atoms with Gasteiger partial charge in [-0.2, -0.15) is 0 Å². The maximum atomic E-state index is 12.2. The molecule has 2 N–H and O–H groups in total. The second-order valence-corrected chi connectivity index (χ2v) is 8.23. The lowest BCUT2D eigenvalue weighted by atomic mass is 10.1. The minimum atomic E-state index is -0.0436. The van der Waals surface area contributed by atoms with Gasteiger partial charge in [0.1, 0.15) is 5.01 Å². The van der Waals surface area contributed by atoms with Gasteiger partial charge in [-0.15, -0.1) is 11.3 Å². The number of nitrogens with zero attached hydrogens (tertiary/aromatic N) is 1. The molecule has 1 heterocycles. The van der Waals surface area contributed by atoms with Crippen LogP contribution >= 0.6 is 11.3 Å². The quantitative estimate of drug-likeness (QED) is 0.571. The lowest BCUT2D eigenvalue weighted by Crippen LogP contribution is -2.24. The monoisotopic (exact) mass is 407 g/mol. The number of hydrogen-bond donors (Lipinski definition) is 2. The number of carbonyl (C=O) groups excluding carboxylic acids is 2. The number of amides is 2. The lowest BCUT2D eigenvalue weighted by molar-refractivity contribution is -0.120. The number of rotatable bonds is 8. The van der Waals surface area contributed by atoms with Gasteiger partial charge in [0, 0.05) is 29.6 Å². The van der Waals surface area contributed by atoms with Crippen molar-refractivity contribution >= 4 is 28.8 Å². The highest BCUT2D eigenvalue weighted by Gasteiger charge is 2.10. The Balaban J connectivity index is 1.54. The summed E-state index contributed by atoms with van der Waals surface area (Å²) in [6.07, 6.45) is 0.768. The van der Waals surface area contributed by atoms with Crippen molar-refractivity contribution in [2.24, 2.45) is 5.92 Å². The zero-order chi connectivity index (χ0) is 20.6. The molecule has 0 saturated heterocycles. The van der Waals surface area contributed by atoms with Crippen LogP contribution in [0.1, 0.15) is 30.8 Å². The van der Waals surface area contributed by atoms with Gasteiger partial charge < -0.3 is 10.6 Å².